The van der Waals surface area contributed by atoms with Gasteiger partial charge in [0, 0.05) is 19.4 Å². The number of nitrogens with one attached hydrogen (secondary N) is 1. The number of halogens is 2. The third-order valence-electron chi connectivity index (χ3n) is 5.51. The number of ether oxygens (including phenoxy) is 1. The Morgan fingerprint density at radius 1 is 1.35 bits per heavy atom. The Kier molecular flexibility index (Phi) is 8.50. The molecule has 1 fully saturated rings. The monoisotopic (exact) mass is 439 g/mol. The second-order valence-corrected chi connectivity index (χ2v) is 8.28. The second kappa shape index (κ2) is 10.7. The van der Waals surface area contributed by atoms with Crippen molar-refractivity contribution in [3.8, 4) is 0 Å². The molecule has 3 N–H and O–H groups in total. The topological polar surface area (TPSA) is 102 Å². The number of morpholine rings is 1. The van der Waals surface area contributed by atoms with Crippen molar-refractivity contribution >= 4 is 18.2 Å². The maximum absolute atomic E-state index is 15.0. The van der Waals surface area contributed by atoms with Gasteiger partial charge in [0.05, 0.1) is 30.7 Å². The molecule has 1 saturated heterocycles. The first-order valence-corrected chi connectivity index (χ1v) is 10.4. The number of amides is 3. The zero-order valence-electron chi connectivity index (χ0n) is 18.0. The van der Waals surface area contributed by atoms with Crippen LogP contribution in [0.5, 0.6) is 0 Å². The van der Waals surface area contributed by atoms with Crippen LogP contribution in [0.1, 0.15) is 38.7 Å². The highest BCUT2D eigenvalue weighted by Crippen LogP contribution is 2.32. The number of nitrogens with two attached hydrogens (primary N) is 1. The lowest BCUT2D eigenvalue weighted by Crippen LogP contribution is -2.60. The van der Waals surface area contributed by atoms with Crippen LogP contribution in [0.2, 0.25) is 0 Å². The van der Waals surface area contributed by atoms with Crippen molar-refractivity contribution in [3.05, 3.63) is 35.9 Å². The summed E-state index contributed by atoms with van der Waals surface area (Å²) in [6.45, 7) is 3.62. The number of rotatable bonds is 10. The van der Waals surface area contributed by atoms with Gasteiger partial charge in [0.15, 0.2) is 0 Å². The smallest absolute Gasteiger partial charge is 0.315 e. The van der Waals surface area contributed by atoms with Crippen molar-refractivity contribution in [1.29, 1.82) is 0 Å². The Labute approximate surface area is 181 Å². The molecule has 1 unspecified atom stereocenters. The molecule has 1 aliphatic rings. The fraction of sp³-hybridized carbons (Fsp3) is 0.591. The largest absolute Gasteiger partial charge is 0.377 e. The van der Waals surface area contributed by atoms with E-state index < -0.39 is 48.2 Å². The lowest BCUT2D eigenvalue weighted by molar-refractivity contribution is -0.138. The number of hydrogen-bond donors (Lipinski definition) is 2. The van der Waals surface area contributed by atoms with Crippen LogP contribution in [0.15, 0.2) is 30.3 Å². The van der Waals surface area contributed by atoms with Crippen molar-refractivity contribution in [1.82, 2.24) is 10.2 Å². The lowest BCUT2D eigenvalue weighted by atomic mass is 9.87. The van der Waals surface area contributed by atoms with Gasteiger partial charge in [0.1, 0.15) is 6.29 Å². The fourth-order valence-corrected chi connectivity index (χ4v) is 3.97. The first-order chi connectivity index (χ1) is 14.6. The number of benzene rings is 1. The van der Waals surface area contributed by atoms with E-state index >= 15 is 8.78 Å². The minimum absolute atomic E-state index is 0.0893. The molecule has 3 atom stereocenters. The van der Waals surface area contributed by atoms with E-state index in [4.69, 9.17) is 10.5 Å². The maximum Gasteiger partial charge on any atom is 0.315 e. The van der Waals surface area contributed by atoms with Crippen molar-refractivity contribution in [2.45, 2.75) is 57.0 Å². The minimum atomic E-state index is -3.23. The van der Waals surface area contributed by atoms with Gasteiger partial charge in [-0.05, 0) is 18.9 Å². The van der Waals surface area contributed by atoms with E-state index in [0.29, 0.717) is 24.7 Å². The van der Waals surface area contributed by atoms with E-state index in [1.807, 2.05) is 6.92 Å². The number of carbonyl (C=O) groups excluding carboxylic acids is 3. The van der Waals surface area contributed by atoms with Crippen molar-refractivity contribution in [2.24, 2.45) is 11.7 Å². The minimum Gasteiger partial charge on any atom is -0.377 e. The molecule has 1 aromatic rings. The van der Waals surface area contributed by atoms with Gasteiger partial charge in [-0.15, -0.1) is 0 Å². The van der Waals surface area contributed by atoms with Gasteiger partial charge < -0.3 is 25.5 Å². The van der Waals surface area contributed by atoms with Crippen LogP contribution in [0.25, 0.3) is 0 Å². The maximum atomic E-state index is 15.0. The number of urea groups is 1. The van der Waals surface area contributed by atoms with Gasteiger partial charge in [0.2, 0.25) is 5.91 Å². The molecular formula is C22H31F2N3O4. The predicted octanol–water partition coefficient (Wildman–Crippen LogP) is 2.52. The van der Waals surface area contributed by atoms with Gasteiger partial charge in [-0.3, -0.25) is 4.79 Å². The van der Waals surface area contributed by atoms with E-state index in [2.05, 4.69) is 5.32 Å². The lowest BCUT2D eigenvalue weighted by Gasteiger charge is -2.40. The van der Waals surface area contributed by atoms with Gasteiger partial charge in [-0.2, -0.15) is 0 Å². The molecule has 0 bridgehead atoms. The summed E-state index contributed by atoms with van der Waals surface area (Å²) >= 11 is 0. The van der Waals surface area contributed by atoms with Gasteiger partial charge in [-0.1, -0.05) is 43.7 Å². The highest BCUT2D eigenvalue weighted by Gasteiger charge is 2.44. The number of alkyl halides is 2. The summed E-state index contributed by atoms with van der Waals surface area (Å²) in [5.41, 5.74) is 4.68. The molecule has 0 spiro atoms. The summed E-state index contributed by atoms with van der Waals surface area (Å²) in [6.07, 6.45) is 0.214. The molecule has 0 saturated carbocycles. The first-order valence-electron chi connectivity index (χ1n) is 10.4. The van der Waals surface area contributed by atoms with Crippen LogP contribution >= 0.6 is 0 Å². The van der Waals surface area contributed by atoms with Crippen LogP contribution < -0.4 is 11.1 Å². The molecule has 0 radical (unpaired) electrons. The SMILES string of the molecule is CCC[C@@](C)(C=O)NC(=O)[C@@H](CC(F)(F)Cc1ccccc1)C1COCCN1C(N)=O. The van der Waals surface area contributed by atoms with Crippen LogP contribution in [0, 0.1) is 5.92 Å². The number of primary amides is 1. The van der Waals surface area contributed by atoms with Crippen molar-refractivity contribution in [2.75, 3.05) is 19.8 Å². The molecule has 31 heavy (non-hydrogen) atoms. The molecule has 172 valence electrons. The molecule has 0 aromatic heterocycles. The van der Waals surface area contributed by atoms with E-state index in [1.54, 1.807) is 37.3 Å². The van der Waals surface area contributed by atoms with Gasteiger partial charge in [0.25, 0.3) is 5.92 Å². The summed E-state index contributed by atoms with van der Waals surface area (Å²) in [6, 6.07) is 6.49. The Morgan fingerprint density at radius 3 is 2.61 bits per heavy atom. The van der Waals surface area contributed by atoms with Crippen LogP contribution in [0.3, 0.4) is 0 Å². The van der Waals surface area contributed by atoms with Crippen LogP contribution in [0.4, 0.5) is 13.6 Å². The van der Waals surface area contributed by atoms with Crippen molar-refractivity contribution in [3.63, 3.8) is 0 Å². The zero-order valence-corrected chi connectivity index (χ0v) is 18.0. The number of hydrogen-bond acceptors (Lipinski definition) is 4. The average molecular weight is 440 g/mol. The zero-order chi connectivity index (χ0) is 23.1. The summed E-state index contributed by atoms with van der Waals surface area (Å²) < 4.78 is 35.5. The highest BCUT2D eigenvalue weighted by molar-refractivity contribution is 5.85. The standard InChI is InChI=1S/C22H31F2N3O4/c1-3-9-21(2,15-28)26-19(29)17(18-14-31-11-10-27(18)20(25)30)13-22(23,24)12-16-7-5-4-6-8-16/h4-8,15,17-18H,3,9-14H2,1-2H3,(H2,25,30)(H,26,29)/t17-,18?,21-/m0/s1. The molecule has 7 nitrogen and oxygen atoms in total. The van der Waals surface area contributed by atoms with Crippen LogP contribution in [-0.4, -0.2) is 60.4 Å². The van der Waals surface area contributed by atoms with E-state index in [1.165, 1.54) is 4.90 Å². The summed E-state index contributed by atoms with van der Waals surface area (Å²) in [4.78, 5) is 37.8. The third-order valence-corrected chi connectivity index (χ3v) is 5.51. The van der Waals surface area contributed by atoms with Crippen molar-refractivity contribution < 1.29 is 27.9 Å². The molecule has 1 aromatic carbocycles. The first kappa shape index (κ1) is 24.7. The molecule has 1 aliphatic heterocycles. The molecular weight excluding hydrogens is 408 g/mol. The van der Waals surface area contributed by atoms with E-state index in [0.717, 1.165) is 0 Å². The number of nitrogens with zero attached hydrogens (tertiary/aromatic N) is 1. The summed E-state index contributed by atoms with van der Waals surface area (Å²) in [7, 11) is 0. The van der Waals surface area contributed by atoms with E-state index in [-0.39, 0.29) is 19.8 Å². The summed E-state index contributed by atoms with van der Waals surface area (Å²) in [5.74, 6) is -5.26. The summed E-state index contributed by atoms with van der Waals surface area (Å²) in [5, 5.41) is 2.61. The second-order valence-electron chi connectivity index (χ2n) is 8.28. The van der Waals surface area contributed by atoms with Gasteiger partial charge >= 0.3 is 6.03 Å². The molecule has 3 amide bonds. The Balaban J connectivity index is 2.31. The number of carbonyl (C=O) groups is 3. The fourth-order valence-electron chi connectivity index (χ4n) is 3.97. The Hall–Kier alpha value is -2.55. The van der Waals surface area contributed by atoms with Crippen LogP contribution in [-0.2, 0) is 20.7 Å². The molecule has 0 aliphatic carbocycles. The van der Waals surface area contributed by atoms with E-state index in [9.17, 15) is 14.4 Å². The highest BCUT2D eigenvalue weighted by atomic mass is 19.3. The normalized spacial score (nSPS) is 19.9. The molecule has 9 heteroatoms. The molecule has 2 rings (SSSR count). The third kappa shape index (κ3) is 6.99. The average Bonchev–Trinajstić information content (AvgIpc) is 2.72. The van der Waals surface area contributed by atoms with Gasteiger partial charge in [-0.25, -0.2) is 13.6 Å². The Bertz CT molecular complexity index is 762. The molecule has 1 heterocycles. The predicted molar refractivity (Wildman–Crippen MR) is 112 cm³/mol. The quantitative estimate of drug-likeness (QED) is 0.547. The number of aldehydes is 1. The Morgan fingerprint density at radius 2 is 2.03 bits per heavy atom.